The first kappa shape index (κ1) is 18.5. The van der Waals surface area contributed by atoms with Crippen LogP contribution in [-0.2, 0) is 6.54 Å². The first-order valence-corrected chi connectivity index (χ1v) is 9.75. The van der Waals surface area contributed by atoms with Crippen LogP contribution in [-0.4, -0.2) is 24.4 Å². The number of thiazole rings is 1. The number of para-hydroxylation sites is 1. The number of carbonyl (C=O) groups excluding carboxylic acids is 1. The van der Waals surface area contributed by atoms with E-state index in [1.165, 1.54) is 9.60 Å². The molecular formula is C21H25N2O2S+. The number of benzene rings is 2. The molecule has 0 saturated carbocycles. The molecule has 0 aliphatic heterocycles. The maximum Gasteiger partial charge on any atom is 0.159 e. The Morgan fingerprint density at radius 2 is 2.04 bits per heavy atom. The number of fused-ring (bicyclic) bond motifs is 1. The molecular weight excluding hydrogens is 344 g/mol. The number of ether oxygens (including phenoxy) is 1. The quantitative estimate of drug-likeness (QED) is 0.646. The standard InChI is InChI=1S/C21H24N2O2S/c1-5-25-19-11-10-16(15(3)24)12-17(19)13-23(4)14(2)21-22-18-8-6-7-9-20(18)26-21/h6-12,14H,5,13H2,1-4H3/p+1/t14-/m0/s1. The van der Waals surface area contributed by atoms with Crippen LogP contribution in [0.2, 0.25) is 0 Å². The highest BCUT2D eigenvalue weighted by Crippen LogP contribution is 2.25. The highest BCUT2D eigenvalue weighted by molar-refractivity contribution is 7.18. The van der Waals surface area contributed by atoms with Crippen LogP contribution in [0.1, 0.15) is 47.7 Å². The Labute approximate surface area is 158 Å². The average Bonchev–Trinajstić information content (AvgIpc) is 3.06. The van der Waals surface area contributed by atoms with Gasteiger partial charge in [-0.2, -0.15) is 0 Å². The van der Waals surface area contributed by atoms with E-state index in [0.717, 1.165) is 33.9 Å². The van der Waals surface area contributed by atoms with E-state index < -0.39 is 0 Å². The van der Waals surface area contributed by atoms with E-state index in [-0.39, 0.29) is 11.8 Å². The summed E-state index contributed by atoms with van der Waals surface area (Å²) in [5.74, 6) is 0.930. The molecule has 1 aromatic heterocycles. The van der Waals surface area contributed by atoms with E-state index in [0.29, 0.717) is 6.61 Å². The molecule has 0 aliphatic rings. The first-order chi connectivity index (χ1) is 12.5. The summed E-state index contributed by atoms with van der Waals surface area (Å²) >= 11 is 1.75. The molecule has 0 amide bonds. The number of carbonyl (C=O) groups is 1. The van der Waals surface area contributed by atoms with Gasteiger partial charge in [-0.15, -0.1) is 11.3 Å². The van der Waals surface area contributed by atoms with Crippen molar-refractivity contribution in [2.45, 2.75) is 33.4 Å². The molecule has 1 heterocycles. The predicted molar refractivity (Wildman–Crippen MR) is 106 cm³/mol. The van der Waals surface area contributed by atoms with E-state index in [4.69, 9.17) is 9.72 Å². The maximum atomic E-state index is 11.8. The van der Waals surface area contributed by atoms with Crippen molar-refractivity contribution in [2.24, 2.45) is 0 Å². The van der Waals surface area contributed by atoms with Crippen LogP contribution < -0.4 is 9.64 Å². The summed E-state index contributed by atoms with van der Waals surface area (Å²) in [6, 6.07) is 14.2. The number of ketones is 1. The third-order valence-corrected chi connectivity index (χ3v) is 5.88. The van der Waals surface area contributed by atoms with Crippen molar-refractivity contribution in [2.75, 3.05) is 13.7 Å². The molecule has 5 heteroatoms. The second-order valence-electron chi connectivity index (χ2n) is 6.58. The molecule has 0 aliphatic carbocycles. The Hall–Kier alpha value is -2.24. The van der Waals surface area contributed by atoms with Crippen molar-refractivity contribution in [3.05, 3.63) is 58.6 Å². The summed E-state index contributed by atoms with van der Waals surface area (Å²) in [6.45, 7) is 7.15. The highest BCUT2D eigenvalue weighted by atomic mass is 32.1. The molecule has 0 fully saturated rings. The topological polar surface area (TPSA) is 43.6 Å². The molecule has 0 saturated heterocycles. The van der Waals surface area contributed by atoms with Crippen LogP contribution in [0.5, 0.6) is 5.75 Å². The van der Waals surface area contributed by atoms with Gasteiger partial charge in [-0.05, 0) is 51.1 Å². The van der Waals surface area contributed by atoms with E-state index >= 15 is 0 Å². The van der Waals surface area contributed by atoms with E-state index in [2.05, 4.69) is 26.1 Å². The van der Waals surface area contributed by atoms with Crippen LogP contribution in [0.15, 0.2) is 42.5 Å². The molecule has 0 spiro atoms. The Balaban J connectivity index is 1.84. The van der Waals surface area contributed by atoms with Gasteiger partial charge in [0.15, 0.2) is 10.8 Å². The molecule has 2 atom stereocenters. The number of aromatic nitrogens is 1. The van der Waals surface area contributed by atoms with Gasteiger partial charge in [0.05, 0.1) is 23.9 Å². The Morgan fingerprint density at radius 1 is 1.27 bits per heavy atom. The Bertz CT molecular complexity index is 886. The van der Waals surface area contributed by atoms with Crippen LogP contribution in [0.3, 0.4) is 0 Å². The molecule has 1 N–H and O–H groups in total. The summed E-state index contributed by atoms with van der Waals surface area (Å²) in [5.41, 5.74) is 2.84. The summed E-state index contributed by atoms with van der Waals surface area (Å²) in [5, 5.41) is 1.13. The summed E-state index contributed by atoms with van der Waals surface area (Å²) in [7, 11) is 2.16. The van der Waals surface area contributed by atoms with Crippen molar-refractivity contribution < 1.29 is 14.4 Å². The fourth-order valence-electron chi connectivity index (χ4n) is 2.97. The number of Topliss-reactive ketones (excluding diaryl/α,β-unsaturated/α-hetero) is 1. The fourth-order valence-corrected chi connectivity index (χ4v) is 4.08. The Kier molecular flexibility index (Phi) is 5.69. The molecule has 2 aromatic carbocycles. The zero-order valence-corrected chi connectivity index (χ0v) is 16.5. The third-order valence-electron chi connectivity index (χ3n) is 4.66. The van der Waals surface area contributed by atoms with Crippen LogP contribution in [0.25, 0.3) is 10.2 Å². The number of rotatable bonds is 7. The van der Waals surface area contributed by atoms with E-state index in [1.54, 1.807) is 18.3 Å². The number of quaternary nitrogens is 1. The molecule has 3 aromatic rings. The number of nitrogens with zero attached hydrogens (tertiary/aromatic N) is 1. The number of nitrogens with one attached hydrogen (secondary N) is 1. The minimum Gasteiger partial charge on any atom is -0.493 e. The van der Waals surface area contributed by atoms with Crippen LogP contribution in [0.4, 0.5) is 0 Å². The van der Waals surface area contributed by atoms with Gasteiger partial charge in [0, 0.05) is 11.1 Å². The van der Waals surface area contributed by atoms with Gasteiger partial charge >= 0.3 is 0 Å². The third kappa shape index (κ3) is 3.94. The lowest BCUT2D eigenvalue weighted by Crippen LogP contribution is -3.07. The van der Waals surface area contributed by atoms with Crippen molar-refractivity contribution in [3.8, 4) is 5.75 Å². The normalized spacial score (nSPS) is 13.5. The summed E-state index contributed by atoms with van der Waals surface area (Å²) < 4.78 is 6.99. The van der Waals surface area contributed by atoms with E-state index in [1.807, 2.05) is 37.3 Å². The summed E-state index contributed by atoms with van der Waals surface area (Å²) in [6.07, 6.45) is 0. The van der Waals surface area contributed by atoms with Crippen LogP contribution in [0, 0.1) is 0 Å². The van der Waals surface area contributed by atoms with Gasteiger partial charge in [-0.3, -0.25) is 4.79 Å². The molecule has 26 heavy (non-hydrogen) atoms. The first-order valence-electron chi connectivity index (χ1n) is 8.94. The van der Waals surface area contributed by atoms with Crippen molar-refractivity contribution >= 4 is 27.3 Å². The van der Waals surface area contributed by atoms with Crippen molar-refractivity contribution in [1.29, 1.82) is 0 Å². The lowest BCUT2D eigenvalue weighted by molar-refractivity contribution is -0.923. The smallest absolute Gasteiger partial charge is 0.159 e. The second-order valence-corrected chi connectivity index (χ2v) is 7.64. The van der Waals surface area contributed by atoms with Gasteiger partial charge in [0.1, 0.15) is 18.3 Å². The van der Waals surface area contributed by atoms with Crippen LogP contribution >= 0.6 is 11.3 Å². The monoisotopic (exact) mass is 369 g/mol. The SMILES string of the molecule is CCOc1ccc(C(C)=O)cc1C[NH+](C)[C@@H](C)c1nc2ccccc2s1. The molecule has 1 unspecified atom stereocenters. The van der Waals surface area contributed by atoms with Gasteiger partial charge < -0.3 is 9.64 Å². The largest absolute Gasteiger partial charge is 0.493 e. The maximum absolute atomic E-state index is 11.8. The van der Waals surface area contributed by atoms with Crippen molar-refractivity contribution in [1.82, 2.24) is 4.98 Å². The van der Waals surface area contributed by atoms with Gasteiger partial charge in [-0.1, -0.05) is 12.1 Å². The lowest BCUT2D eigenvalue weighted by Gasteiger charge is -2.21. The van der Waals surface area contributed by atoms with Crippen molar-refractivity contribution in [3.63, 3.8) is 0 Å². The van der Waals surface area contributed by atoms with Gasteiger partial charge in [0.25, 0.3) is 0 Å². The number of hydrogen-bond donors (Lipinski definition) is 1. The zero-order chi connectivity index (χ0) is 18.7. The van der Waals surface area contributed by atoms with Gasteiger partial charge in [0.2, 0.25) is 0 Å². The number of hydrogen-bond acceptors (Lipinski definition) is 4. The minimum atomic E-state index is 0.0752. The second kappa shape index (κ2) is 7.98. The van der Waals surface area contributed by atoms with Gasteiger partial charge in [-0.25, -0.2) is 4.98 Å². The molecule has 0 bridgehead atoms. The fraction of sp³-hybridized carbons (Fsp3) is 0.333. The molecule has 0 radical (unpaired) electrons. The predicted octanol–water partition coefficient (Wildman–Crippen LogP) is 3.67. The minimum absolute atomic E-state index is 0.0752. The van der Waals surface area contributed by atoms with E-state index in [9.17, 15) is 4.79 Å². The molecule has 4 nitrogen and oxygen atoms in total. The lowest BCUT2D eigenvalue weighted by atomic mass is 10.1. The Morgan fingerprint density at radius 3 is 2.73 bits per heavy atom. The average molecular weight is 370 g/mol. The highest BCUT2D eigenvalue weighted by Gasteiger charge is 2.21. The molecule has 136 valence electrons. The zero-order valence-electron chi connectivity index (χ0n) is 15.7. The molecule has 3 rings (SSSR count). The summed E-state index contributed by atoms with van der Waals surface area (Å²) in [4.78, 5) is 17.9.